The first kappa shape index (κ1) is 15.4. The summed E-state index contributed by atoms with van der Waals surface area (Å²) in [6.45, 7) is 9.08. The van der Waals surface area contributed by atoms with E-state index in [1.165, 1.54) is 5.57 Å². The van der Waals surface area contributed by atoms with Crippen LogP contribution in [0.5, 0.6) is 0 Å². The molecule has 1 heterocycles. The molecule has 3 nitrogen and oxygen atoms in total. The lowest BCUT2D eigenvalue weighted by Gasteiger charge is -2.61. The van der Waals surface area contributed by atoms with E-state index < -0.39 is 5.60 Å². The van der Waals surface area contributed by atoms with Crippen molar-refractivity contribution in [1.82, 2.24) is 0 Å². The zero-order chi connectivity index (χ0) is 16.5. The van der Waals surface area contributed by atoms with Crippen LogP contribution in [-0.4, -0.2) is 23.3 Å². The van der Waals surface area contributed by atoms with Crippen molar-refractivity contribution in [3.8, 4) is 0 Å². The van der Waals surface area contributed by atoms with E-state index in [-0.39, 0.29) is 16.8 Å². The van der Waals surface area contributed by atoms with Crippen molar-refractivity contribution < 1.29 is 14.6 Å². The van der Waals surface area contributed by atoms with Crippen molar-refractivity contribution in [2.75, 3.05) is 6.61 Å². The Morgan fingerprint density at radius 3 is 2.78 bits per heavy atom. The maximum atomic E-state index is 11.9. The largest absolute Gasteiger partial charge is 0.458 e. The number of aliphatic hydroxyl groups is 1. The van der Waals surface area contributed by atoms with Crippen molar-refractivity contribution in [1.29, 1.82) is 0 Å². The second kappa shape index (κ2) is 4.72. The summed E-state index contributed by atoms with van der Waals surface area (Å²) in [7, 11) is 0. The standard InChI is InChI=1S/C20H28O3/c1-4-18(2)8-7-16-19(3)9-5-13-14(11-23-17(13)21)15(19)6-10-20(16,22)12-18/h4,15-16,22H,1,5-12H2,2-3H3/t15-,16+,18+,19+,20-/m1/s1. The fourth-order valence-corrected chi connectivity index (χ4v) is 6.34. The van der Waals surface area contributed by atoms with Crippen LogP contribution < -0.4 is 0 Å². The summed E-state index contributed by atoms with van der Waals surface area (Å²) < 4.78 is 5.32. The summed E-state index contributed by atoms with van der Waals surface area (Å²) in [6.07, 6.45) is 8.68. The van der Waals surface area contributed by atoms with Crippen molar-refractivity contribution in [3.63, 3.8) is 0 Å². The Hall–Kier alpha value is -1.09. The van der Waals surface area contributed by atoms with Crippen LogP contribution in [0, 0.1) is 22.7 Å². The van der Waals surface area contributed by atoms with E-state index in [0.29, 0.717) is 18.4 Å². The van der Waals surface area contributed by atoms with Gasteiger partial charge in [0.15, 0.2) is 0 Å². The van der Waals surface area contributed by atoms with Gasteiger partial charge in [0.25, 0.3) is 0 Å². The molecular formula is C20H28O3. The monoisotopic (exact) mass is 316 g/mol. The molecule has 0 amide bonds. The minimum absolute atomic E-state index is 0.0555. The van der Waals surface area contributed by atoms with Crippen molar-refractivity contribution in [2.24, 2.45) is 22.7 Å². The lowest BCUT2D eigenvalue weighted by molar-refractivity contribution is -0.170. The molecule has 3 heteroatoms. The zero-order valence-corrected chi connectivity index (χ0v) is 14.4. The fourth-order valence-electron chi connectivity index (χ4n) is 6.34. The number of hydrogen-bond donors (Lipinski definition) is 1. The van der Waals surface area contributed by atoms with Gasteiger partial charge < -0.3 is 9.84 Å². The fraction of sp³-hybridized carbons (Fsp3) is 0.750. The van der Waals surface area contributed by atoms with Crippen molar-refractivity contribution in [3.05, 3.63) is 23.8 Å². The number of ether oxygens (including phenoxy) is 1. The van der Waals surface area contributed by atoms with Crippen LogP contribution >= 0.6 is 0 Å². The van der Waals surface area contributed by atoms with Crippen LogP contribution in [0.25, 0.3) is 0 Å². The van der Waals surface area contributed by atoms with Crippen LogP contribution in [-0.2, 0) is 9.53 Å². The number of cyclic esters (lactones) is 1. The summed E-state index contributed by atoms with van der Waals surface area (Å²) in [5.74, 6) is 0.647. The van der Waals surface area contributed by atoms with Gasteiger partial charge in [0.05, 0.1) is 5.60 Å². The summed E-state index contributed by atoms with van der Waals surface area (Å²) >= 11 is 0. The molecule has 0 saturated heterocycles. The van der Waals surface area contributed by atoms with E-state index in [9.17, 15) is 9.90 Å². The van der Waals surface area contributed by atoms with E-state index in [2.05, 4.69) is 20.4 Å². The summed E-state index contributed by atoms with van der Waals surface area (Å²) in [4.78, 5) is 11.9. The molecule has 2 saturated carbocycles. The molecule has 4 rings (SSSR count). The van der Waals surface area contributed by atoms with Crippen molar-refractivity contribution in [2.45, 2.75) is 64.4 Å². The molecule has 5 atom stereocenters. The van der Waals surface area contributed by atoms with Crippen LogP contribution in [0.4, 0.5) is 0 Å². The average molecular weight is 316 g/mol. The Morgan fingerprint density at radius 1 is 1.26 bits per heavy atom. The second-order valence-corrected chi connectivity index (χ2v) is 8.91. The van der Waals surface area contributed by atoms with Gasteiger partial charge in [0, 0.05) is 5.57 Å². The van der Waals surface area contributed by atoms with Gasteiger partial charge in [0.1, 0.15) is 6.61 Å². The molecule has 0 bridgehead atoms. The molecule has 0 radical (unpaired) electrons. The van der Waals surface area contributed by atoms with Gasteiger partial charge in [-0.1, -0.05) is 19.9 Å². The highest BCUT2D eigenvalue weighted by molar-refractivity contribution is 5.92. The van der Waals surface area contributed by atoms with Crippen LogP contribution in [0.3, 0.4) is 0 Å². The third-order valence-electron chi connectivity index (χ3n) is 7.64. The molecule has 1 N–H and O–H groups in total. The minimum Gasteiger partial charge on any atom is -0.458 e. The maximum Gasteiger partial charge on any atom is 0.334 e. The number of carbonyl (C=O) groups is 1. The maximum absolute atomic E-state index is 11.9. The third-order valence-corrected chi connectivity index (χ3v) is 7.64. The van der Waals surface area contributed by atoms with Crippen molar-refractivity contribution >= 4 is 5.97 Å². The summed E-state index contributed by atoms with van der Waals surface area (Å²) in [5, 5.41) is 11.5. The highest BCUT2D eigenvalue weighted by Gasteiger charge is 2.60. The van der Waals surface area contributed by atoms with Gasteiger partial charge in [-0.2, -0.15) is 0 Å². The molecular weight excluding hydrogens is 288 g/mol. The minimum atomic E-state index is -0.575. The molecule has 0 aromatic carbocycles. The molecule has 2 fully saturated rings. The van der Waals surface area contributed by atoms with Gasteiger partial charge in [-0.15, -0.1) is 6.58 Å². The number of carbonyl (C=O) groups excluding carboxylic acids is 1. The molecule has 23 heavy (non-hydrogen) atoms. The van der Waals surface area contributed by atoms with E-state index in [4.69, 9.17) is 4.74 Å². The first-order valence-corrected chi connectivity index (χ1v) is 9.06. The van der Waals surface area contributed by atoms with Gasteiger partial charge in [-0.25, -0.2) is 4.79 Å². The quantitative estimate of drug-likeness (QED) is 0.591. The number of hydrogen-bond acceptors (Lipinski definition) is 3. The highest BCUT2D eigenvalue weighted by Crippen LogP contribution is 2.64. The first-order chi connectivity index (χ1) is 10.8. The average Bonchev–Trinajstić information content (AvgIpc) is 2.87. The van der Waals surface area contributed by atoms with E-state index in [0.717, 1.165) is 50.5 Å². The lowest BCUT2D eigenvalue weighted by Crippen LogP contribution is -2.59. The molecule has 0 unspecified atom stereocenters. The van der Waals surface area contributed by atoms with E-state index in [1.807, 2.05) is 6.08 Å². The van der Waals surface area contributed by atoms with Gasteiger partial charge in [-0.3, -0.25) is 0 Å². The van der Waals surface area contributed by atoms with Gasteiger partial charge in [-0.05, 0) is 73.2 Å². The van der Waals surface area contributed by atoms with E-state index in [1.54, 1.807) is 0 Å². The number of allylic oxidation sites excluding steroid dienone is 1. The molecule has 4 aliphatic rings. The van der Waals surface area contributed by atoms with Crippen LogP contribution in [0.2, 0.25) is 0 Å². The number of rotatable bonds is 1. The molecule has 0 aromatic rings. The normalized spacial score (nSPS) is 49.1. The molecule has 1 aliphatic heterocycles. The number of fused-ring (bicyclic) bond motifs is 4. The zero-order valence-electron chi connectivity index (χ0n) is 14.4. The molecule has 0 aromatic heterocycles. The smallest absolute Gasteiger partial charge is 0.334 e. The summed E-state index contributed by atoms with van der Waals surface area (Å²) in [6, 6.07) is 0. The Balaban J connectivity index is 1.70. The molecule has 0 spiro atoms. The summed E-state index contributed by atoms with van der Waals surface area (Å²) in [5.41, 5.74) is 1.78. The SMILES string of the molecule is C=C[C@@]1(C)CC[C@@H]2[C@@](O)(CC[C@@H]3C4=C(CC[C@@]32C)C(=O)OC4)C1. The Labute approximate surface area is 138 Å². The van der Waals surface area contributed by atoms with Gasteiger partial charge in [0.2, 0.25) is 0 Å². The molecule has 3 aliphatic carbocycles. The Kier molecular flexibility index (Phi) is 3.17. The Bertz CT molecular complexity index is 606. The highest BCUT2D eigenvalue weighted by atomic mass is 16.5. The Morgan fingerprint density at radius 2 is 2.04 bits per heavy atom. The lowest BCUT2D eigenvalue weighted by atomic mass is 9.45. The molecule has 126 valence electrons. The van der Waals surface area contributed by atoms with Gasteiger partial charge >= 0.3 is 5.97 Å². The third kappa shape index (κ3) is 2.02. The van der Waals surface area contributed by atoms with Crippen LogP contribution in [0.1, 0.15) is 58.8 Å². The van der Waals surface area contributed by atoms with Crippen LogP contribution in [0.15, 0.2) is 23.8 Å². The predicted octanol–water partition coefficient (Wildman–Crippen LogP) is 3.77. The topological polar surface area (TPSA) is 46.5 Å². The second-order valence-electron chi connectivity index (χ2n) is 8.91. The van der Waals surface area contributed by atoms with E-state index >= 15 is 0 Å². The first-order valence-electron chi connectivity index (χ1n) is 9.06. The number of esters is 1. The predicted molar refractivity (Wildman–Crippen MR) is 88.6 cm³/mol.